The highest BCUT2D eigenvalue weighted by atomic mass is 16.2. The first kappa shape index (κ1) is 10.1. The summed E-state index contributed by atoms with van der Waals surface area (Å²) in [7, 11) is 0. The zero-order chi connectivity index (χ0) is 19.3. The van der Waals surface area contributed by atoms with E-state index in [0.29, 0.717) is 0 Å². The Hall–Kier alpha value is -2.70. The van der Waals surface area contributed by atoms with E-state index in [0.717, 1.165) is 4.57 Å². The normalized spacial score (nSPS) is 25.1. The minimum Gasteiger partial charge on any atom is -0.398 e. The van der Waals surface area contributed by atoms with Crippen LogP contribution in [0.2, 0.25) is 0 Å². The first-order valence-corrected chi connectivity index (χ1v) is 6.57. The van der Waals surface area contributed by atoms with Crippen molar-refractivity contribution in [3.8, 4) is 0 Å². The number of nitrogens with two attached hydrogens (primary N) is 1. The highest BCUT2D eigenvalue weighted by Gasteiger charge is 2.42. The number of nitrogens with zero attached hydrogens (tertiary/aromatic N) is 2. The lowest BCUT2D eigenvalue weighted by Gasteiger charge is -2.34. The maximum atomic E-state index is 13.2. The van der Waals surface area contributed by atoms with Gasteiger partial charge in [0.2, 0.25) is 5.91 Å². The molecule has 0 radical (unpaired) electrons. The van der Waals surface area contributed by atoms with Gasteiger partial charge >= 0.3 is 0 Å². The van der Waals surface area contributed by atoms with Crippen molar-refractivity contribution in [2.75, 3.05) is 5.73 Å². The molecule has 7 nitrogen and oxygen atoms in total. The zero-order valence-corrected chi connectivity index (χ0v) is 11.5. The monoisotopic (exact) mass is 304 g/mol. The van der Waals surface area contributed by atoms with Crippen molar-refractivity contribution in [3.63, 3.8) is 0 Å². The first-order chi connectivity index (χ1) is 12.1. The van der Waals surface area contributed by atoms with E-state index in [1.165, 1.54) is 12.1 Å². The number of amides is 2. The predicted octanol–water partition coefficient (Wildman–Crippen LogP) is 0.439. The fraction of sp³-hybridized carbons (Fsp3) is 0.333. The molecule has 0 aliphatic carbocycles. The van der Waals surface area contributed by atoms with E-state index in [2.05, 4.69) is 4.98 Å². The van der Waals surface area contributed by atoms with Gasteiger partial charge in [-0.1, -0.05) is 6.07 Å². The number of anilines is 1. The van der Waals surface area contributed by atoms with Crippen LogP contribution in [-0.2, 0) is 15.1 Å². The van der Waals surface area contributed by atoms with Gasteiger partial charge in [-0.2, -0.15) is 0 Å². The summed E-state index contributed by atoms with van der Waals surface area (Å²) in [6.07, 6.45) is -0.655. The van der Waals surface area contributed by atoms with E-state index in [1.807, 2.05) is 5.32 Å². The van der Waals surface area contributed by atoms with Crippen molar-refractivity contribution in [2.24, 2.45) is 0 Å². The second kappa shape index (κ2) is 4.66. The van der Waals surface area contributed by atoms with Crippen molar-refractivity contribution in [3.05, 3.63) is 34.4 Å². The van der Waals surface area contributed by atoms with Gasteiger partial charge in [-0.15, -0.1) is 0 Å². The van der Waals surface area contributed by atoms with Crippen LogP contribution in [0.25, 0.3) is 10.9 Å². The molecule has 7 heteroatoms. The van der Waals surface area contributed by atoms with Crippen LogP contribution in [0.4, 0.5) is 5.69 Å². The van der Waals surface area contributed by atoms with Gasteiger partial charge in [0.25, 0.3) is 11.5 Å². The predicted molar refractivity (Wildman–Crippen MR) is 81.2 cm³/mol. The van der Waals surface area contributed by atoms with Gasteiger partial charge in [0.15, 0.2) is 0 Å². The molecule has 0 bridgehead atoms. The summed E-state index contributed by atoms with van der Waals surface area (Å²) in [4.78, 5) is 41.5. The number of rotatable bonds is 1. The number of aromatic nitrogens is 2. The van der Waals surface area contributed by atoms with Crippen LogP contribution in [0.3, 0.4) is 0 Å². The number of benzene rings is 1. The average Bonchev–Trinajstić information content (AvgIpc) is 2.54. The topological polar surface area (TPSA) is 107 Å². The average molecular weight is 304 g/mol. The summed E-state index contributed by atoms with van der Waals surface area (Å²) in [6.45, 7) is -3.48. The molecule has 2 amide bonds. The third kappa shape index (κ3) is 1.89. The highest BCUT2D eigenvalue weighted by molar-refractivity contribution is 6.01. The second-order valence-electron chi connectivity index (χ2n) is 5.15. The van der Waals surface area contributed by atoms with E-state index in [1.54, 1.807) is 6.07 Å². The summed E-state index contributed by atoms with van der Waals surface area (Å²) in [5, 5.41) is 1.97. The molecule has 1 aliphatic heterocycles. The second-order valence-corrected chi connectivity index (χ2v) is 5.15. The maximum absolute atomic E-state index is 13.2. The van der Waals surface area contributed by atoms with Gasteiger partial charge in [-0.3, -0.25) is 24.3 Å². The Bertz CT molecular complexity index is 985. The van der Waals surface area contributed by atoms with Crippen LogP contribution in [0.5, 0.6) is 0 Å². The Balaban J connectivity index is 2.46. The molecule has 3 N–H and O–H groups in total. The number of carbonyl (C=O) groups is 2. The summed E-state index contributed by atoms with van der Waals surface area (Å²) < 4.78 is 32.2. The van der Waals surface area contributed by atoms with Crippen LogP contribution >= 0.6 is 0 Å². The van der Waals surface area contributed by atoms with Gasteiger partial charge in [0.1, 0.15) is 11.4 Å². The lowest BCUT2D eigenvalue weighted by molar-refractivity contribution is -0.140. The number of hydrogen-bond donors (Lipinski definition) is 2. The molecule has 22 heavy (non-hydrogen) atoms. The molecule has 1 saturated heterocycles. The first-order valence-electron chi connectivity index (χ1n) is 8.78. The van der Waals surface area contributed by atoms with Gasteiger partial charge in [0.05, 0.1) is 10.9 Å². The number of fused-ring (bicyclic) bond motifs is 1. The summed E-state index contributed by atoms with van der Waals surface area (Å²) in [5.41, 5.74) is 2.99. The van der Waals surface area contributed by atoms with Crippen molar-refractivity contribution in [1.82, 2.24) is 14.9 Å². The van der Waals surface area contributed by atoms with Crippen molar-refractivity contribution >= 4 is 28.4 Å². The third-order valence-corrected chi connectivity index (χ3v) is 3.72. The molecule has 1 fully saturated rings. The summed E-state index contributed by atoms with van der Waals surface area (Å²) in [5.74, 6) is -1.92. The lowest BCUT2D eigenvalue weighted by atomic mass is 9.90. The number of hydrogen-bond acceptors (Lipinski definition) is 5. The number of piperidine rings is 1. The molecule has 1 atom stereocenters. The third-order valence-electron chi connectivity index (χ3n) is 3.72. The van der Waals surface area contributed by atoms with E-state index < -0.39 is 43.1 Å². The van der Waals surface area contributed by atoms with E-state index in [-0.39, 0.29) is 28.8 Å². The largest absolute Gasteiger partial charge is 0.398 e. The van der Waals surface area contributed by atoms with E-state index in [9.17, 15) is 14.4 Å². The number of nitrogen functional groups attached to an aromatic ring is 1. The van der Waals surface area contributed by atoms with Gasteiger partial charge in [-0.25, -0.2) is 4.98 Å². The molecular formula is C15H16N4O3. The van der Waals surface area contributed by atoms with Crippen LogP contribution in [0, 0.1) is 6.90 Å². The molecule has 1 aromatic heterocycles. The molecule has 1 unspecified atom stereocenters. The van der Waals surface area contributed by atoms with E-state index >= 15 is 0 Å². The van der Waals surface area contributed by atoms with Crippen molar-refractivity contribution in [1.29, 1.82) is 0 Å². The number of imide groups is 1. The Kier molecular flexibility index (Phi) is 2.14. The van der Waals surface area contributed by atoms with Gasteiger partial charge < -0.3 is 5.73 Å². The molecule has 0 saturated carbocycles. The molecule has 2 heterocycles. The van der Waals surface area contributed by atoms with Gasteiger partial charge in [-0.05, 0) is 32.3 Å². The summed E-state index contributed by atoms with van der Waals surface area (Å²) in [6, 6.07) is 4.55. The summed E-state index contributed by atoms with van der Waals surface area (Å²) >= 11 is 0. The number of aryl methyl sites for hydroxylation is 1. The molecule has 0 spiro atoms. The quantitative estimate of drug-likeness (QED) is 0.587. The smallest absolute Gasteiger partial charge is 0.264 e. The number of nitrogens with one attached hydrogen (secondary N) is 1. The minimum absolute atomic E-state index is 0.0296. The highest BCUT2D eigenvalue weighted by Crippen LogP contribution is 2.27. The number of carbonyl (C=O) groups excluding carboxylic acids is 2. The molecule has 114 valence electrons. The fourth-order valence-corrected chi connectivity index (χ4v) is 2.61. The molecule has 2 aromatic rings. The Labute approximate surface area is 131 Å². The van der Waals surface area contributed by atoms with E-state index in [4.69, 9.17) is 11.2 Å². The fourth-order valence-electron chi connectivity index (χ4n) is 2.61. The van der Waals surface area contributed by atoms with Crippen molar-refractivity contribution < 1.29 is 15.1 Å². The Morgan fingerprint density at radius 2 is 2.23 bits per heavy atom. The maximum Gasteiger partial charge on any atom is 0.264 e. The zero-order valence-electron chi connectivity index (χ0n) is 15.5. The minimum atomic E-state index is -2.95. The molecule has 3 rings (SSSR count). The standard InChI is InChI=1S/C15H16N4O3/c1-8-17-10-5-3-4-9(16)12(10)13(21)19(8)15(2)7-6-11(20)18-14(15)22/h3-5H,6-7,16H2,1-2H3,(H,18,20,22)/i1D,2D3. The molecular weight excluding hydrogens is 284 g/mol. The lowest BCUT2D eigenvalue weighted by Crippen LogP contribution is -2.56. The van der Waals surface area contributed by atoms with Crippen LogP contribution in [-0.4, -0.2) is 21.4 Å². The molecule has 1 aromatic carbocycles. The Morgan fingerprint density at radius 3 is 2.91 bits per heavy atom. The van der Waals surface area contributed by atoms with Crippen LogP contribution in [0.15, 0.2) is 23.0 Å². The molecule has 1 aliphatic rings. The van der Waals surface area contributed by atoms with Crippen LogP contribution in [0.1, 0.15) is 31.0 Å². The van der Waals surface area contributed by atoms with Crippen molar-refractivity contribution in [2.45, 2.75) is 32.1 Å². The Morgan fingerprint density at radius 1 is 1.41 bits per heavy atom. The SMILES string of the molecule is [2H]Cc1nc2cccc(N)c2c(=O)n1C1(C([2H])([2H])[2H])CCC(=O)NC1=O. The van der Waals surface area contributed by atoms with Crippen LogP contribution < -0.4 is 16.6 Å². The van der Waals surface area contributed by atoms with Gasteiger partial charge in [0, 0.05) is 17.6 Å².